The van der Waals surface area contributed by atoms with Crippen molar-refractivity contribution in [2.24, 2.45) is 18.4 Å². The molecule has 106 valence electrons. The minimum atomic E-state index is 0.271. The first-order valence-corrected chi connectivity index (χ1v) is 7.46. The number of carbonyl (C=O) groups is 1. The number of hydrogen-bond acceptors (Lipinski definition) is 2. The zero-order valence-corrected chi connectivity index (χ0v) is 12.7. The second-order valence-electron chi connectivity index (χ2n) is 6.69. The molecule has 1 aliphatic rings. The highest BCUT2D eigenvalue weighted by molar-refractivity contribution is 5.83. The van der Waals surface area contributed by atoms with Crippen molar-refractivity contribution < 1.29 is 4.79 Å². The fourth-order valence-electron chi connectivity index (χ4n) is 2.95. The lowest BCUT2D eigenvalue weighted by atomic mass is 9.71. The highest BCUT2D eigenvalue weighted by Gasteiger charge is 2.30. The molecule has 1 aliphatic carbocycles. The molecule has 0 N–H and O–H groups in total. The van der Waals surface area contributed by atoms with E-state index >= 15 is 0 Å². The van der Waals surface area contributed by atoms with E-state index in [1.165, 1.54) is 12.8 Å². The molecule has 19 heavy (non-hydrogen) atoms. The van der Waals surface area contributed by atoms with Crippen LogP contribution in [-0.4, -0.2) is 15.6 Å². The molecule has 3 heteroatoms. The molecule has 0 radical (unpaired) electrons. The van der Waals surface area contributed by atoms with Crippen molar-refractivity contribution in [1.29, 1.82) is 0 Å². The van der Waals surface area contributed by atoms with Gasteiger partial charge in [-0.3, -0.25) is 9.48 Å². The van der Waals surface area contributed by atoms with Crippen molar-refractivity contribution in [1.82, 2.24) is 9.78 Å². The van der Waals surface area contributed by atoms with E-state index in [1.54, 1.807) is 0 Å². The summed E-state index contributed by atoms with van der Waals surface area (Å²) in [4.78, 5) is 12.4. The fraction of sp³-hybridized carbons (Fsp3) is 0.750. The van der Waals surface area contributed by atoms with Crippen LogP contribution in [-0.2, 0) is 24.7 Å². The van der Waals surface area contributed by atoms with Crippen molar-refractivity contribution in [3.05, 3.63) is 17.5 Å². The normalized spacial score (nSPS) is 19.6. The molecule has 2 rings (SSSR count). The summed E-state index contributed by atoms with van der Waals surface area (Å²) in [5, 5.41) is 4.41. The van der Waals surface area contributed by atoms with Gasteiger partial charge in [0.05, 0.1) is 5.69 Å². The zero-order valence-electron chi connectivity index (χ0n) is 12.7. The predicted molar refractivity (Wildman–Crippen MR) is 77.0 cm³/mol. The Hall–Kier alpha value is -1.12. The molecule has 1 heterocycles. The van der Waals surface area contributed by atoms with Crippen LogP contribution >= 0.6 is 0 Å². The molecule has 0 aliphatic heterocycles. The molecule has 1 saturated carbocycles. The molecule has 0 atom stereocenters. The SMILES string of the molecule is CCc1cc(CC(=O)C2CCC(C)(C)CC2)n(C)n1. The number of carbonyl (C=O) groups excluding carboxylic acids is 1. The predicted octanol–water partition coefficient (Wildman–Crippen LogP) is 3.31. The standard InChI is InChI=1S/C16H26N2O/c1-5-13-10-14(18(4)17-13)11-15(19)12-6-8-16(2,3)9-7-12/h10,12H,5-9,11H2,1-4H3. The lowest BCUT2D eigenvalue weighted by molar-refractivity contribution is -0.123. The van der Waals surface area contributed by atoms with Crippen molar-refractivity contribution in [2.75, 3.05) is 0 Å². The largest absolute Gasteiger partial charge is 0.299 e. The van der Waals surface area contributed by atoms with Crippen LogP contribution in [0.25, 0.3) is 0 Å². The lowest BCUT2D eigenvalue weighted by Crippen LogP contribution is -2.27. The Morgan fingerprint density at radius 2 is 2.05 bits per heavy atom. The summed E-state index contributed by atoms with van der Waals surface area (Å²) in [6.45, 7) is 6.71. The Morgan fingerprint density at radius 3 is 2.58 bits per heavy atom. The molecule has 0 bridgehead atoms. The van der Waals surface area contributed by atoms with Crippen molar-refractivity contribution in [3.8, 4) is 0 Å². The Balaban J connectivity index is 1.96. The monoisotopic (exact) mass is 262 g/mol. The van der Waals surface area contributed by atoms with E-state index in [9.17, 15) is 4.79 Å². The topological polar surface area (TPSA) is 34.9 Å². The van der Waals surface area contributed by atoms with E-state index in [0.717, 1.165) is 30.7 Å². The third kappa shape index (κ3) is 3.46. The Kier molecular flexibility index (Phi) is 4.12. The number of hydrogen-bond donors (Lipinski definition) is 0. The number of rotatable bonds is 4. The van der Waals surface area contributed by atoms with Crippen LogP contribution < -0.4 is 0 Å². The molecule has 1 aromatic heterocycles. The van der Waals surface area contributed by atoms with E-state index in [1.807, 2.05) is 11.7 Å². The molecular weight excluding hydrogens is 236 g/mol. The summed E-state index contributed by atoms with van der Waals surface area (Å²) >= 11 is 0. The molecule has 0 spiro atoms. The molecule has 0 amide bonds. The number of aryl methyl sites for hydroxylation is 2. The highest BCUT2D eigenvalue weighted by Crippen LogP contribution is 2.38. The fourth-order valence-corrected chi connectivity index (χ4v) is 2.95. The Labute approximate surface area is 116 Å². The first-order valence-electron chi connectivity index (χ1n) is 7.46. The van der Waals surface area contributed by atoms with Crippen molar-refractivity contribution in [3.63, 3.8) is 0 Å². The van der Waals surface area contributed by atoms with Crippen LogP contribution in [0.5, 0.6) is 0 Å². The molecule has 1 fully saturated rings. The van der Waals surface area contributed by atoms with Gasteiger partial charge in [0, 0.05) is 25.1 Å². The molecular formula is C16H26N2O. The van der Waals surface area contributed by atoms with Gasteiger partial charge >= 0.3 is 0 Å². The Morgan fingerprint density at radius 1 is 1.42 bits per heavy atom. The van der Waals surface area contributed by atoms with Gasteiger partial charge in [-0.05, 0) is 43.6 Å². The second kappa shape index (κ2) is 5.48. The average Bonchev–Trinajstić information content (AvgIpc) is 2.70. The van der Waals surface area contributed by atoms with Crippen LogP contribution in [0.3, 0.4) is 0 Å². The maximum Gasteiger partial charge on any atom is 0.141 e. The van der Waals surface area contributed by atoms with E-state index in [2.05, 4.69) is 31.9 Å². The van der Waals surface area contributed by atoms with Crippen molar-refractivity contribution in [2.45, 2.75) is 59.3 Å². The summed E-state index contributed by atoms with van der Waals surface area (Å²) in [6, 6.07) is 2.07. The van der Waals surface area contributed by atoms with Gasteiger partial charge in [-0.15, -0.1) is 0 Å². The quantitative estimate of drug-likeness (QED) is 0.834. The van der Waals surface area contributed by atoms with Gasteiger partial charge in [-0.25, -0.2) is 0 Å². The van der Waals surface area contributed by atoms with E-state index in [-0.39, 0.29) is 5.92 Å². The van der Waals surface area contributed by atoms with Crippen molar-refractivity contribution >= 4 is 5.78 Å². The maximum atomic E-state index is 12.4. The summed E-state index contributed by atoms with van der Waals surface area (Å²) in [6.07, 6.45) is 5.95. The first-order chi connectivity index (χ1) is 8.91. The van der Waals surface area contributed by atoms with Crippen LogP contribution in [0.1, 0.15) is 57.8 Å². The van der Waals surface area contributed by atoms with Gasteiger partial charge < -0.3 is 0 Å². The van der Waals surface area contributed by atoms with Gasteiger partial charge in [0.25, 0.3) is 0 Å². The second-order valence-corrected chi connectivity index (χ2v) is 6.69. The minimum absolute atomic E-state index is 0.271. The first kappa shape index (κ1) is 14.3. The molecule has 0 aromatic carbocycles. The molecule has 0 saturated heterocycles. The van der Waals surface area contributed by atoms with E-state index < -0.39 is 0 Å². The maximum absolute atomic E-state index is 12.4. The summed E-state index contributed by atoms with van der Waals surface area (Å²) in [5.41, 5.74) is 2.57. The summed E-state index contributed by atoms with van der Waals surface area (Å²) < 4.78 is 1.86. The molecule has 1 aromatic rings. The number of ketones is 1. The van der Waals surface area contributed by atoms with Crippen LogP contribution in [0.15, 0.2) is 6.07 Å². The molecule has 0 unspecified atom stereocenters. The number of aromatic nitrogens is 2. The third-order valence-electron chi connectivity index (χ3n) is 4.54. The van der Waals surface area contributed by atoms with Gasteiger partial charge in [0.1, 0.15) is 5.78 Å². The van der Waals surface area contributed by atoms with Crippen LogP contribution in [0, 0.1) is 11.3 Å². The average molecular weight is 262 g/mol. The van der Waals surface area contributed by atoms with Crippen LogP contribution in [0.4, 0.5) is 0 Å². The smallest absolute Gasteiger partial charge is 0.141 e. The molecule has 3 nitrogen and oxygen atoms in total. The third-order valence-corrected chi connectivity index (χ3v) is 4.54. The lowest BCUT2D eigenvalue weighted by Gasteiger charge is -2.33. The summed E-state index contributed by atoms with van der Waals surface area (Å²) in [7, 11) is 1.94. The number of Topliss-reactive ketones (excluding diaryl/α,β-unsaturated/α-hetero) is 1. The van der Waals surface area contributed by atoms with Gasteiger partial charge in [-0.2, -0.15) is 5.10 Å². The van der Waals surface area contributed by atoms with E-state index in [4.69, 9.17) is 0 Å². The minimum Gasteiger partial charge on any atom is -0.299 e. The zero-order chi connectivity index (χ0) is 14.0. The van der Waals surface area contributed by atoms with Gasteiger partial charge in [0.2, 0.25) is 0 Å². The Bertz CT molecular complexity index is 449. The van der Waals surface area contributed by atoms with Gasteiger partial charge in [0.15, 0.2) is 0 Å². The van der Waals surface area contributed by atoms with Crippen LogP contribution in [0.2, 0.25) is 0 Å². The number of nitrogens with zero attached hydrogens (tertiary/aromatic N) is 2. The summed E-state index contributed by atoms with van der Waals surface area (Å²) in [5.74, 6) is 0.675. The highest BCUT2D eigenvalue weighted by atomic mass is 16.1. The van der Waals surface area contributed by atoms with E-state index in [0.29, 0.717) is 17.6 Å². The van der Waals surface area contributed by atoms with Gasteiger partial charge in [-0.1, -0.05) is 20.8 Å².